The molecule has 28 heavy (non-hydrogen) atoms. The molecule has 0 radical (unpaired) electrons. The van der Waals surface area contributed by atoms with Crippen LogP contribution in [-0.4, -0.2) is 24.6 Å². The number of halogens is 4. The Morgan fingerprint density at radius 3 is 2.32 bits per heavy atom. The second kappa shape index (κ2) is 9.72. The first-order chi connectivity index (χ1) is 13.2. The van der Waals surface area contributed by atoms with E-state index in [4.69, 9.17) is 9.47 Å². The highest BCUT2D eigenvalue weighted by atomic mass is 127. The van der Waals surface area contributed by atoms with Crippen LogP contribution in [0.25, 0.3) is 6.08 Å². The van der Waals surface area contributed by atoms with E-state index in [0.29, 0.717) is 14.7 Å². The third-order valence-corrected chi connectivity index (χ3v) is 4.49. The molecule has 0 saturated carbocycles. The van der Waals surface area contributed by atoms with E-state index in [2.05, 4.69) is 0 Å². The molecule has 0 spiro atoms. The highest BCUT2D eigenvalue weighted by molar-refractivity contribution is 14.1. The smallest absolute Gasteiger partial charge is 0.416 e. The topological polar surface area (TPSA) is 52.6 Å². The molecule has 0 aliphatic carbocycles. The van der Waals surface area contributed by atoms with E-state index >= 15 is 0 Å². The Balaban J connectivity index is 2.19. The van der Waals surface area contributed by atoms with Gasteiger partial charge in [-0.15, -0.1) is 0 Å². The molecule has 2 aromatic rings. The van der Waals surface area contributed by atoms with Gasteiger partial charge in [0.1, 0.15) is 0 Å². The summed E-state index contributed by atoms with van der Waals surface area (Å²) in [7, 11) is 0. The van der Waals surface area contributed by atoms with E-state index in [1.165, 1.54) is 24.3 Å². The molecule has 0 heterocycles. The molecule has 0 amide bonds. The van der Waals surface area contributed by atoms with Crippen molar-refractivity contribution in [2.45, 2.75) is 19.2 Å². The van der Waals surface area contributed by atoms with E-state index in [0.717, 1.165) is 12.1 Å². The fourth-order valence-corrected chi connectivity index (χ4v) is 2.79. The minimum Gasteiger partial charge on any atom is -0.463 e. The van der Waals surface area contributed by atoms with Crippen molar-refractivity contribution in [3.63, 3.8) is 0 Å². The lowest BCUT2D eigenvalue weighted by atomic mass is 10.1. The van der Waals surface area contributed by atoms with Gasteiger partial charge in [-0.25, -0.2) is 9.59 Å². The van der Waals surface area contributed by atoms with Gasteiger partial charge in [0.05, 0.1) is 17.7 Å². The van der Waals surface area contributed by atoms with Crippen molar-refractivity contribution in [1.82, 2.24) is 0 Å². The van der Waals surface area contributed by atoms with Gasteiger partial charge in [-0.1, -0.05) is 30.3 Å². The lowest BCUT2D eigenvalue weighted by Crippen LogP contribution is -2.27. The Kier molecular flexibility index (Phi) is 7.61. The first-order valence-electron chi connectivity index (χ1n) is 8.20. The number of carbonyl (C=O) groups excluding carboxylic acids is 2. The summed E-state index contributed by atoms with van der Waals surface area (Å²) in [6.07, 6.45) is -3.09. The number of alkyl halides is 3. The summed E-state index contributed by atoms with van der Waals surface area (Å²) < 4.78 is 48.7. The number of hydrogen-bond donors (Lipinski definition) is 0. The molecule has 148 valence electrons. The molecule has 0 aliphatic rings. The molecule has 0 fully saturated rings. The van der Waals surface area contributed by atoms with E-state index < -0.39 is 29.8 Å². The fourth-order valence-electron chi connectivity index (χ4n) is 2.18. The van der Waals surface area contributed by atoms with Crippen molar-refractivity contribution >= 4 is 40.6 Å². The Hall–Kier alpha value is -2.36. The summed E-state index contributed by atoms with van der Waals surface area (Å²) in [5.41, 5.74) is -0.0790. The molecule has 4 nitrogen and oxygen atoms in total. The highest BCUT2D eigenvalue weighted by Gasteiger charge is 2.30. The van der Waals surface area contributed by atoms with Crippen molar-refractivity contribution in [2.75, 3.05) is 6.61 Å². The van der Waals surface area contributed by atoms with Crippen LogP contribution in [0.3, 0.4) is 0 Å². The lowest BCUT2D eigenvalue weighted by molar-refractivity contribution is -0.150. The molecule has 2 aromatic carbocycles. The van der Waals surface area contributed by atoms with Gasteiger partial charge >= 0.3 is 18.1 Å². The zero-order valence-corrected chi connectivity index (χ0v) is 16.9. The molecule has 0 bridgehead atoms. The lowest BCUT2D eigenvalue weighted by Gasteiger charge is -2.14. The van der Waals surface area contributed by atoms with Gasteiger partial charge in [0, 0.05) is 3.57 Å². The zero-order chi connectivity index (χ0) is 20.7. The van der Waals surface area contributed by atoms with Gasteiger partial charge < -0.3 is 9.47 Å². The summed E-state index contributed by atoms with van der Waals surface area (Å²) in [6.45, 7) is 1.69. The second-order valence-electron chi connectivity index (χ2n) is 5.54. The Labute approximate surface area is 173 Å². The molecule has 1 unspecified atom stereocenters. The molecule has 1 atom stereocenters. The van der Waals surface area contributed by atoms with Crippen LogP contribution in [0.2, 0.25) is 0 Å². The van der Waals surface area contributed by atoms with E-state index in [1.807, 2.05) is 22.6 Å². The van der Waals surface area contributed by atoms with Gasteiger partial charge in [-0.3, -0.25) is 0 Å². The average molecular weight is 504 g/mol. The van der Waals surface area contributed by atoms with Gasteiger partial charge in [-0.05, 0) is 65.4 Å². The molecule has 8 heteroatoms. The van der Waals surface area contributed by atoms with E-state index in [9.17, 15) is 22.8 Å². The maximum Gasteiger partial charge on any atom is 0.416 e. The van der Waals surface area contributed by atoms with Crippen LogP contribution >= 0.6 is 22.6 Å². The SMILES string of the molecule is CCOC(=O)C(/C=C/c1ccc(C(F)(F)F)cc1)OC(=O)c1ccccc1I. The van der Waals surface area contributed by atoms with Crippen LogP contribution in [0.1, 0.15) is 28.4 Å². The number of hydrogen-bond acceptors (Lipinski definition) is 4. The predicted octanol–water partition coefficient (Wildman–Crippen LogP) is 5.11. The number of rotatable bonds is 6. The van der Waals surface area contributed by atoms with Crippen LogP contribution < -0.4 is 0 Å². The number of ether oxygens (including phenoxy) is 2. The zero-order valence-electron chi connectivity index (χ0n) is 14.7. The van der Waals surface area contributed by atoms with Crippen LogP contribution in [0, 0.1) is 3.57 Å². The average Bonchev–Trinajstić information content (AvgIpc) is 2.65. The molecule has 0 saturated heterocycles. The largest absolute Gasteiger partial charge is 0.463 e. The van der Waals surface area contributed by atoms with Crippen molar-refractivity contribution in [1.29, 1.82) is 0 Å². The third kappa shape index (κ3) is 6.08. The minimum atomic E-state index is -4.43. The quantitative estimate of drug-likeness (QED) is 0.406. The number of carbonyl (C=O) groups is 2. The number of esters is 2. The van der Waals surface area contributed by atoms with Crippen LogP contribution in [-0.2, 0) is 20.4 Å². The summed E-state index contributed by atoms with van der Waals surface area (Å²) in [6, 6.07) is 11.1. The first-order valence-corrected chi connectivity index (χ1v) is 9.28. The molecule has 0 N–H and O–H groups in total. The summed E-state index contributed by atoms with van der Waals surface area (Å²) in [4.78, 5) is 24.5. The summed E-state index contributed by atoms with van der Waals surface area (Å²) >= 11 is 1.97. The Morgan fingerprint density at radius 2 is 1.75 bits per heavy atom. The first kappa shape index (κ1) is 21.9. The highest BCUT2D eigenvalue weighted by Crippen LogP contribution is 2.29. The fraction of sp³-hybridized carbons (Fsp3) is 0.200. The van der Waals surface area contributed by atoms with Gasteiger partial charge in [-0.2, -0.15) is 13.2 Å². The molecule has 0 aliphatic heterocycles. The Morgan fingerprint density at radius 1 is 1.11 bits per heavy atom. The van der Waals surface area contributed by atoms with Crippen LogP contribution in [0.15, 0.2) is 54.6 Å². The number of benzene rings is 2. The molecule has 2 rings (SSSR count). The van der Waals surface area contributed by atoms with Crippen molar-refractivity contribution in [3.8, 4) is 0 Å². The van der Waals surface area contributed by atoms with Crippen molar-refractivity contribution in [3.05, 3.63) is 74.9 Å². The monoisotopic (exact) mass is 504 g/mol. The van der Waals surface area contributed by atoms with Crippen molar-refractivity contribution in [2.24, 2.45) is 0 Å². The third-order valence-electron chi connectivity index (χ3n) is 3.55. The Bertz CT molecular complexity index is 860. The van der Waals surface area contributed by atoms with Gasteiger partial charge in [0.15, 0.2) is 0 Å². The second-order valence-corrected chi connectivity index (χ2v) is 6.70. The summed E-state index contributed by atoms with van der Waals surface area (Å²) in [5, 5.41) is 0. The van der Waals surface area contributed by atoms with E-state index in [1.54, 1.807) is 31.2 Å². The molecule has 0 aromatic heterocycles. The minimum absolute atomic E-state index is 0.0872. The predicted molar refractivity (Wildman–Crippen MR) is 105 cm³/mol. The normalized spacial score (nSPS) is 12.6. The van der Waals surface area contributed by atoms with Crippen LogP contribution in [0.5, 0.6) is 0 Å². The van der Waals surface area contributed by atoms with Crippen LogP contribution in [0.4, 0.5) is 13.2 Å². The molecular formula is C20H16F3IO4. The van der Waals surface area contributed by atoms with Crippen molar-refractivity contribution < 1.29 is 32.2 Å². The standard InChI is InChI=1S/C20H16F3IO4/c1-2-27-19(26)17(28-18(25)15-5-3-4-6-16(15)24)12-9-13-7-10-14(11-8-13)20(21,22)23/h3-12,17H,2H2,1H3/b12-9+. The van der Waals surface area contributed by atoms with Gasteiger partial charge in [0.2, 0.25) is 6.10 Å². The molecular weight excluding hydrogens is 488 g/mol. The maximum atomic E-state index is 12.6. The summed E-state index contributed by atoms with van der Waals surface area (Å²) in [5.74, 6) is -1.48. The van der Waals surface area contributed by atoms with Gasteiger partial charge in [0.25, 0.3) is 0 Å². The maximum absolute atomic E-state index is 12.6. The van der Waals surface area contributed by atoms with E-state index in [-0.39, 0.29) is 6.61 Å².